The van der Waals surface area contributed by atoms with Crippen LogP contribution in [0.5, 0.6) is 0 Å². The Kier molecular flexibility index (Phi) is 5.19. The molecule has 0 heterocycles. The molecule has 120 valence electrons. The lowest BCUT2D eigenvalue weighted by Crippen LogP contribution is -2.41. The van der Waals surface area contributed by atoms with Gasteiger partial charge in [-0.1, -0.05) is 11.6 Å². The molecule has 11 heteroatoms. The first kappa shape index (κ1) is 18.1. The highest BCUT2D eigenvalue weighted by Crippen LogP contribution is 2.33. The zero-order valence-electron chi connectivity index (χ0n) is 10.2. The molecule has 0 bridgehead atoms. The third kappa shape index (κ3) is 4.77. The second kappa shape index (κ2) is 6.03. The molecule has 21 heavy (non-hydrogen) atoms. The van der Waals surface area contributed by atoms with Crippen molar-refractivity contribution in [1.29, 1.82) is 0 Å². The Morgan fingerprint density at radius 1 is 1.19 bits per heavy atom. The Balaban J connectivity index is 3.05. The van der Waals surface area contributed by atoms with E-state index in [0.717, 1.165) is 0 Å². The summed E-state index contributed by atoms with van der Waals surface area (Å²) in [5.74, 6) is -3.48. The van der Waals surface area contributed by atoms with Gasteiger partial charge in [-0.2, -0.15) is 13.2 Å². The number of nitrogens with one attached hydrogen (secondary N) is 1. The molecule has 0 saturated heterocycles. The number of hydrogen-bond donors (Lipinski definition) is 2. The summed E-state index contributed by atoms with van der Waals surface area (Å²) in [5, 5.41) is -0.728. The number of halogens is 6. The van der Waals surface area contributed by atoms with Crippen molar-refractivity contribution in [3.05, 3.63) is 28.8 Å². The van der Waals surface area contributed by atoms with E-state index < -0.39 is 50.7 Å². The van der Waals surface area contributed by atoms with E-state index in [1.165, 1.54) is 0 Å². The molecule has 0 radical (unpaired) electrons. The Hall–Kier alpha value is -0.970. The van der Waals surface area contributed by atoms with Gasteiger partial charge in [-0.05, 0) is 18.2 Å². The molecule has 0 atom stereocenters. The maximum Gasteiger partial charge on any atom is 0.416 e. The minimum atomic E-state index is -4.70. The van der Waals surface area contributed by atoms with Gasteiger partial charge in [0.15, 0.2) is 0 Å². The molecular weight excluding hydrogens is 343 g/mol. The summed E-state index contributed by atoms with van der Waals surface area (Å²) >= 11 is 5.47. The van der Waals surface area contributed by atoms with Gasteiger partial charge in [0.1, 0.15) is 4.90 Å². The van der Waals surface area contributed by atoms with Crippen LogP contribution in [0.15, 0.2) is 23.1 Å². The summed E-state index contributed by atoms with van der Waals surface area (Å²) in [6.07, 6.45) is -4.70. The average molecular weight is 353 g/mol. The van der Waals surface area contributed by atoms with E-state index >= 15 is 0 Å². The Labute approximate surface area is 122 Å². The van der Waals surface area contributed by atoms with Gasteiger partial charge in [-0.3, -0.25) is 0 Å². The number of benzene rings is 1. The first-order valence-electron chi connectivity index (χ1n) is 5.33. The van der Waals surface area contributed by atoms with Crippen molar-refractivity contribution in [1.82, 2.24) is 4.72 Å². The molecule has 4 nitrogen and oxygen atoms in total. The highest BCUT2D eigenvalue weighted by molar-refractivity contribution is 7.89. The molecule has 3 N–H and O–H groups in total. The monoisotopic (exact) mass is 352 g/mol. The molecule has 1 rings (SSSR count). The molecule has 0 unspecified atom stereocenters. The molecule has 1 aromatic rings. The highest BCUT2D eigenvalue weighted by Gasteiger charge is 2.33. The fourth-order valence-corrected chi connectivity index (χ4v) is 2.85. The number of nitrogens with two attached hydrogens (primary N) is 1. The second-order valence-corrected chi connectivity index (χ2v) is 6.17. The molecular formula is C10H10ClF5N2O2S. The maximum atomic E-state index is 12.9. The predicted molar refractivity (Wildman–Crippen MR) is 65.6 cm³/mol. The molecule has 0 saturated carbocycles. The molecule has 0 aliphatic carbocycles. The molecule has 0 aromatic heterocycles. The number of rotatable bonds is 5. The number of hydrogen-bond acceptors (Lipinski definition) is 3. The van der Waals surface area contributed by atoms with Gasteiger partial charge >= 0.3 is 6.18 Å². The van der Waals surface area contributed by atoms with E-state index in [0.29, 0.717) is 18.2 Å². The minimum absolute atomic E-state index is 0.400. The van der Waals surface area contributed by atoms with Crippen molar-refractivity contribution >= 4 is 21.6 Å². The fourth-order valence-electron chi connectivity index (χ4n) is 1.25. The third-order valence-corrected chi connectivity index (χ3v) is 4.25. The maximum absolute atomic E-state index is 12.9. The van der Waals surface area contributed by atoms with Gasteiger partial charge in [0, 0.05) is 0 Å². The van der Waals surface area contributed by atoms with Gasteiger partial charge in [-0.15, -0.1) is 0 Å². The Bertz CT molecular complexity index is 618. The molecule has 0 fully saturated rings. The standard InChI is InChI=1S/C10H10ClF5N2O2S/c11-7-3-6(10(14,15)16)1-2-8(7)21(19,20)18-5-9(12,13)4-17/h1-3,18H,4-5,17H2. The van der Waals surface area contributed by atoms with Crippen LogP contribution >= 0.6 is 11.6 Å². The van der Waals surface area contributed by atoms with Crippen LogP contribution in [-0.2, 0) is 16.2 Å². The van der Waals surface area contributed by atoms with Crippen LogP contribution in [0.25, 0.3) is 0 Å². The van der Waals surface area contributed by atoms with E-state index in [4.69, 9.17) is 17.3 Å². The lowest BCUT2D eigenvalue weighted by molar-refractivity contribution is -0.137. The Morgan fingerprint density at radius 2 is 1.76 bits per heavy atom. The molecule has 0 aliphatic rings. The number of alkyl halides is 5. The van der Waals surface area contributed by atoms with Crippen molar-refractivity contribution in [2.45, 2.75) is 17.0 Å². The summed E-state index contributed by atoms with van der Waals surface area (Å²) < 4.78 is 88.0. The van der Waals surface area contributed by atoms with Gasteiger partial charge in [0.05, 0.1) is 23.7 Å². The quantitative estimate of drug-likeness (QED) is 0.798. The van der Waals surface area contributed by atoms with Gasteiger partial charge in [0.2, 0.25) is 10.0 Å². The molecule has 1 aromatic carbocycles. The normalized spacial score (nSPS) is 13.5. The van der Waals surface area contributed by atoms with Crippen molar-refractivity contribution < 1.29 is 30.4 Å². The van der Waals surface area contributed by atoms with Crippen LogP contribution in [0.1, 0.15) is 5.56 Å². The van der Waals surface area contributed by atoms with E-state index in [2.05, 4.69) is 0 Å². The third-order valence-electron chi connectivity index (χ3n) is 2.37. The van der Waals surface area contributed by atoms with Gasteiger partial charge < -0.3 is 5.73 Å². The van der Waals surface area contributed by atoms with Gasteiger partial charge in [-0.25, -0.2) is 21.9 Å². The summed E-state index contributed by atoms with van der Waals surface area (Å²) in [4.78, 5) is -0.731. The first-order valence-corrected chi connectivity index (χ1v) is 7.19. The average Bonchev–Trinajstić information content (AvgIpc) is 2.35. The molecule has 0 spiro atoms. The first-order chi connectivity index (χ1) is 9.39. The van der Waals surface area contributed by atoms with Crippen LogP contribution in [0, 0.1) is 0 Å². The molecule has 0 amide bonds. The summed E-state index contributed by atoms with van der Waals surface area (Å²) in [6, 6.07) is 1.48. The van der Waals surface area contributed by atoms with Crippen LogP contribution in [0.2, 0.25) is 5.02 Å². The van der Waals surface area contributed by atoms with Crippen molar-refractivity contribution in [2.24, 2.45) is 5.73 Å². The summed E-state index contributed by atoms with van der Waals surface area (Å²) in [6.45, 7) is -2.38. The van der Waals surface area contributed by atoms with Crippen LogP contribution in [0.3, 0.4) is 0 Å². The topological polar surface area (TPSA) is 72.2 Å². The smallest absolute Gasteiger partial charge is 0.325 e. The van der Waals surface area contributed by atoms with Gasteiger partial charge in [0.25, 0.3) is 5.92 Å². The Morgan fingerprint density at radius 3 is 2.19 bits per heavy atom. The zero-order chi connectivity index (χ0) is 16.5. The van der Waals surface area contributed by atoms with Crippen LogP contribution in [-0.4, -0.2) is 27.4 Å². The minimum Gasteiger partial charge on any atom is -0.325 e. The number of sulfonamides is 1. The van der Waals surface area contributed by atoms with Crippen LogP contribution < -0.4 is 10.5 Å². The molecule has 0 aliphatic heterocycles. The van der Waals surface area contributed by atoms with Crippen molar-refractivity contribution in [3.63, 3.8) is 0 Å². The zero-order valence-corrected chi connectivity index (χ0v) is 11.8. The van der Waals surface area contributed by atoms with Crippen molar-refractivity contribution in [3.8, 4) is 0 Å². The van der Waals surface area contributed by atoms with Crippen molar-refractivity contribution in [2.75, 3.05) is 13.1 Å². The lowest BCUT2D eigenvalue weighted by atomic mass is 10.2. The lowest BCUT2D eigenvalue weighted by Gasteiger charge is -2.15. The fraction of sp³-hybridized carbons (Fsp3) is 0.400. The summed E-state index contributed by atoms with van der Waals surface area (Å²) in [5.41, 5.74) is 3.58. The van der Waals surface area contributed by atoms with E-state index in [1.807, 2.05) is 0 Å². The summed E-state index contributed by atoms with van der Waals surface area (Å²) in [7, 11) is -4.48. The predicted octanol–water partition coefficient (Wildman–Crippen LogP) is 2.23. The van der Waals surface area contributed by atoms with E-state index in [1.54, 1.807) is 4.72 Å². The largest absolute Gasteiger partial charge is 0.416 e. The SMILES string of the molecule is NCC(F)(F)CNS(=O)(=O)c1ccc(C(F)(F)F)cc1Cl. The highest BCUT2D eigenvalue weighted by atomic mass is 35.5. The second-order valence-electron chi connectivity index (χ2n) is 4.03. The van der Waals surface area contributed by atoms with Crippen LogP contribution in [0.4, 0.5) is 22.0 Å². The van der Waals surface area contributed by atoms with E-state index in [-0.39, 0.29) is 0 Å². The van der Waals surface area contributed by atoms with E-state index in [9.17, 15) is 30.4 Å².